The van der Waals surface area contributed by atoms with Gasteiger partial charge in [0.25, 0.3) is 0 Å². The van der Waals surface area contributed by atoms with Crippen molar-refractivity contribution in [1.29, 1.82) is 0 Å². The number of rotatable bonds is 9. The lowest BCUT2D eigenvalue weighted by molar-refractivity contribution is -0.133. The van der Waals surface area contributed by atoms with Gasteiger partial charge in [-0.15, -0.1) is 0 Å². The number of carbonyl (C=O) groups excluding carboxylic acids is 2. The fraction of sp³-hybridized carbons (Fsp3) is 0.318. The molecule has 0 spiro atoms. The van der Waals surface area contributed by atoms with E-state index in [0.717, 1.165) is 5.56 Å². The van der Waals surface area contributed by atoms with Gasteiger partial charge in [-0.1, -0.05) is 42.5 Å². The third-order valence-corrected chi connectivity index (χ3v) is 4.60. The Morgan fingerprint density at radius 2 is 2.14 bits per heavy atom. The summed E-state index contributed by atoms with van der Waals surface area (Å²) in [6.45, 7) is 2.64. The van der Waals surface area contributed by atoms with Crippen molar-refractivity contribution in [2.24, 2.45) is 0 Å². The van der Waals surface area contributed by atoms with Gasteiger partial charge in [0.05, 0.1) is 25.2 Å². The van der Waals surface area contributed by atoms with Crippen LogP contribution in [0.4, 0.5) is 0 Å². The van der Waals surface area contributed by atoms with Gasteiger partial charge in [0, 0.05) is 25.8 Å². The number of benzene rings is 1. The third-order valence-electron chi connectivity index (χ3n) is 4.60. The zero-order valence-corrected chi connectivity index (χ0v) is 16.3. The van der Waals surface area contributed by atoms with Crippen molar-refractivity contribution in [2.75, 3.05) is 32.8 Å². The fourth-order valence-electron chi connectivity index (χ4n) is 3.13. The Morgan fingerprint density at radius 3 is 2.93 bits per heavy atom. The Labute approximate surface area is 170 Å². The van der Waals surface area contributed by atoms with E-state index >= 15 is 0 Å². The maximum absolute atomic E-state index is 12.3. The summed E-state index contributed by atoms with van der Waals surface area (Å²) in [7, 11) is 0. The first-order valence-electron chi connectivity index (χ1n) is 9.75. The molecule has 1 aromatic carbocycles. The van der Waals surface area contributed by atoms with Gasteiger partial charge < -0.3 is 15.4 Å². The van der Waals surface area contributed by atoms with Gasteiger partial charge in [-0.3, -0.25) is 19.5 Å². The van der Waals surface area contributed by atoms with Gasteiger partial charge >= 0.3 is 0 Å². The van der Waals surface area contributed by atoms with Crippen LogP contribution >= 0.6 is 0 Å². The summed E-state index contributed by atoms with van der Waals surface area (Å²) in [6.07, 6.45) is 7.47. The molecule has 1 saturated heterocycles. The van der Waals surface area contributed by atoms with Crippen LogP contribution in [0.3, 0.4) is 0 Å². The zero-order chi connectivity index (χ0) is 20.3. The predicted octanol–water partition coefficient (Wildman–Crippen LogP) is 1.48. The average Bonchev–Trinajstić information content (AvgIpc) is 2.75. The molecule has 0 saturated carbocycles. The van der Waals surface area contributed by atoms with Crippen molar-refractivity contribution in [1.82, 2.24) is 20.5 Å². The van der Waals surface area contributed by atoms with E-state index in [0.29, 0.717) is 38.5 Å². The van der Waals surface area contributed by atoms with E-state index in [1.165, 1.54) is 0 Å². The second-order valence-electron chi connectivity index (χ2n) is 6.71. The normalized spacial score (nSPS) is 17.1. The number of amides is 2. The molecular weight excluding hydrogens is 368 g/mol. The topological polar surface area (TPSA) is 83.6 Å². The highest BCUT2D eigenvalue weighted by Gasteiger charge is 2.30. The number of hydrogen-bond acceptors (Lipinski definition) is 5. The molecule has 7 heteroatoms. The van der Waals surface area contributed by atoms with Crippen LogP contribution in [0.1, 0.15) is 12.0 Å². The largest absolute Gasteiger partial charge is 0.490 e. The second kappa shape index (κ2) is 11.0. The van der Waals surface area contributed by atoms with Crippen molar-refractivity contribution in [2.45, 2.75) is 12.5 Å². The van der Waals surface area contributed by atoms with Crippen molar-refractivity contribution in [3.63, 3.8) is 0 Å². The first-order valence-corrected chi connectivity index (χ1v) is 9.75. The number of pyridine rings is 1. The Balaban J connectivity index is 1.45. The average molecular weight is 394 g/mol. The van der Waals surface area contributed by atoms with Crippen molar-refractivity contribution >= 4 is 17.9 Å². The molecule has 7 nitrogen and oxygen atoms in total. The molecule has 0 radical (unpaired) electrons. The number of hydrogen-bond donors (Lipinski definition) is 2. The SMILES string of the molecule is O=C(CC1C(=O)NCCN1CC=Cc1ccccc1)NCCOc1cccnc1. The zero-order valence-electron chi connectivity index (χ0n) is 16.3. The molecule has 2 aromatic rings. The van der Waals surface area contributed by atoms with Crippen LogP contribution < -0.4 is 15.4 Å². The first-order chi connectivity index (χ1) is 14.2. The van der Waals surface area contributed by atoms with Crippen LogP contribution in [0, 0.1) is 0 Å². The van der Waals surface area contributed by atoms with E-state index in [-0.39, 0.29) is 18.2 Å². The number of ether oxygens (including phenoxy) is 1. The summed E-state index contributed by atoms with van der Waals surface area (Å²) < 4.78 is 5.51. The highest BCUT2D eigenvalue weighted by molar-refractivity contribution is 5.88. The van der Waals surface area contributed by atoms with E-state index in [2.05, 4.69) is 15.6 Å². The van der Waals surface area contributed by atoms with Crippen LogP contribution in [-0.2, 0) is 9.59 Å². The predicted molar refractivity (Wildman–Crippen MR) is 111 cm³/mol. The summed E-state index contributed by atoms with van der Waals surface area (Å²) in [6, 6.07) is 13.1. The summed E-state index contributed by atoms with van der Waals surface area (Å²) in [4.78, 5) is 30.6. The van der Waals surface area contributed by atoms with E-state index in [4.69, 9.17) is 4.74 Å². The number of nitrogens with one attached hydrogen (secondary N) is 2. The smallest absolute Gasteiger partial charge is 0.237 e. The van der Waals surface area contributed by atoms with E-state index in [1.807, 2.05) is 53.5 Å². The molecule has 1 unspecified atom stereocenters. The molecule has 0 bridgehead atoms. The van der Waals surface area contributed by atoms with Crippen molar-refractivity contribution < 1.29 is 14.3 Å². The van der Waals surface area contributed by atoms with Crippen LogP contribution in [-0.4, -0.2) is 60.5 Å². The lowest BCUT2D eigenvalue weighted by Crippen LogP contribution is -2.56. The second-order valence-corrected chi connectivity index (χ2v) is 6.71. The molecule has 1 aromatic heterocycles. The molecule has 1 fully saturated rings. The summed E-state index contributed by atoms with van der Waals surface area (Å²) in [5.41, 5.74) is 1.11. The van der Waals surface area contributed by atoms with E-state index in [9.17, 15) is 9.59 Å². The third kappa shape index (κ3) is 6.73. The monoisotopic (exact) mass is 394 g/mol. The van der Waals surface area contributed by atoms with E-state index in [1.54, 1.807) is 18.5 Å². The van der Waals surface area contributed by atoms with Crippen LogP contribution in [0.2, 0.25) is 0 Å². The Morgan fingerprint density at radius 1 is 1.28 bits per heavy atom. The number of carbonyl (C=O) groups is 2. The molecule has 3 rings (SSSR count). The lowest BCUT2D eigenvalue weighted by Gasteiger charge is -2.33. The highest BCUT2D eigenvalue weighted by Crippen LogP contribution is 2.10. The standard InChI is InChI=1S/C22H26N4O3/c27-21(24-12-15-29-19-9-4-10-23-17-19)16-20-22(28)25-11-14-26(20)13-5-8-18-6-2-1-3-7-18/h1-10,17,20H,11-16H2,(H,24,27)(H,25,28). The van der Waals surface area contributed by atoms with Gasteiger partial charge in [-0.2, -0.15) is 0 Å². The minimum atomic E-state index is -0.469. The Bertz CT molecular complexity index is 811. The molecule has 1 aliphatic rings. The molecule has 29 heavy (non-hydrogen) atoms. The maximum Gasteiger partial charge on any atom is 0.237 e. The van der Waals surface area contributed by atoms with Crippen molar-refractivity contribution in [3.8, 4) is 5.75 Å². The van der Waals surface area contributed by atoms with Gasteiger partial charge in [0.2, 0.25) is 11.8 Å². The van der Waals surface area contributed by atoms with Gasteiger partial charge in [0.15, 0.2) is 0 Å². The molecule has 2 N–H and O–H groups in total. The summed E-state index contributed by atoms with van der Waals surface area (Å²) in [5, 5.41) is 5.66. The fourth-order valence-corrected chi connectivity index (χ4v) is 3.13. The molecule has 1 atom stereocenters. The minimum absolute atomic E-state index is 0.105. The molecular formula is C22H26N4O3. The number of aromatic nitrogens is 1. The summed E-state index contributed by atoms with van der Waals surface area (Å²) in [5.74, 6) is 0.384. The quantitative estimate of drug-likeness (QED) is 0.630. The first kappa shape index (κ1) is 20.5. The van der Waals surface area contributed by atoms with Crippen LogP contribution in [0.5, 0.6) is 5.75 Å². The van der Waals surface area contributed by atoms with Gasteiger partial charge in [-0.05, 0) is 17.7 Å². The number of nitrogens with zero attached hydrogens (tertiary/aromatic N) is 2. The van der Waals surface area contributed by atoms with Crippen molar-refractivity contribution in [3.05, 3.63) is 66.5 Å². The van der Waals surface area contributed by atoms with Gasteiger partial charge in [0.1, 0.15) is 12.4 Å². The maximum atomic E-state index is 12.3. The van der Waals surface area contributed by atoms with Gasteiger partial charge in [-0.25, -0.2) is 0 Å². The highest BCUT2D eigenvalue weighted by atomic mass is 16.5. The van der Waals surface area contributed by atoms with Crippen LogP contribution in [0.15, 0.2) is 60.9 Å². The number of piperazine rings is 1. The summed E-state index contributed by atoms with van der Waals surface area (Å²) >= 11 is 0. The molecule has 2 heterocycles. The minimum Gasteiger partial charge on any atom is -0.490 e. The molecule has 2 amide bonds. The Hall–Kier alpha value is -3.19. The van der Waals surface area contributed by atoms with E-state index < -0.39 is 6.04 Å². The molecule has 152 valence electrons. The molecule has 1 aliphatic heterocycles. The lowest BCUT2D eigenvalue weighted by atomic mass is 10.1. The molecule has 0 aliphatic carbocycles. The Kier molecular flexibility index (Phi) is 7.77. The van der Waals surface area contributed by atoms with Crippen LogP contribution in [0.25, 0.3) is 6.08 Å².